The van der Waals surface area contributed by atoms with Crippen LogP contribution in [-0.2, 0) is 12.6 Å². The zero-order valence-corrected chi connectivity index (χ0v) is 19.3. The number of aryl methyl sites for hydroxylation is 1. The summed E-state index contributed by atoms with van der Waals surface area (Å²) in [5, 5.41) is 0.575. The number of hydrogen-bond acceptors (Lipinski definition) is 4. The monoisotopic (exact) mass is 461 g/mol. The second-order valence-corrected chi connectivity index (χ2v) is 7.89. The fraction of sp³-hybridized carbons (Fsp3) is 0.423. The summed E-state index contributed by atoms with van der Waals surface area (Å²) in [6.45, 7) is 8.50. The van der Waals surface area contributed by atoms with Gasteiger partial charge in [0.05, 0.1) is 5.56 Å². The van der Waals surface area contributed by atoms with E-state index in [1.165, 1.54) is 12.1 Å². The van der Waals surface area contributed by atoms with Gasteiger partial charge in [0.15, 0.2) is 6.29 Å². The van der Waals surface area contributed by atoms with Gasteiger partial charge in [-0.3, -0.25) is 4.79 Å². The molecule has 3 aromatic rings. The molecule has 0 aliphatic heterocycles. The first kappa shape index (κ1) is 24.8. The number of fused-ring (bicyclic) bond motifs is 1. The summed E-state index contributed by atoms with van der Waals surface area (Å²) in [6, 6.07) is 9.68. The van der Waals surface area contributed by atoms with Gasteiger partial charge >= 0.3 is 6.18 Å². The van der Waals surface area contributed by atoms with Crippen LogP contribution in [-0.4, -0.2) is 37.4 Å². The van der Waals surface area contributed by atoms with Crippen LogP contribution in [0.3, 0.4) is 0 Å². The fourth-order valence-electron chi connectivity index (χ4n) is 4.08. The van der Waals surface area contributed by atoms with Gasteiger partial charge in [-0.05, 0) is 37.7 Å². The summed E-state index contributed by atoms with van der Waals surface area (Å²) in [6.07, 6.45) is -2.38. The van der Waals surface area contributed by atoms with E-state index in [4.69, 9.17) is 9.15 Å². The van der Waals surface area contributed by atoms with Crippen molar-refractivity contribution in [3.05, 3.63) is 53.3 Å². The molecule has 3 rings (SSSR count). The molecule has 0 fully saturated rings. The van der Waals surface area contributed by atoms with Crippen molar-refractivity contribution in [2.45, 2.75) is 46.2 Å². The lowest BCUT2D eigenvalue weighted by Crippen LogP contribution is -2.28. The first-order valence-corrected chi connectivity index (χ1v) is 11.4. The van der Waals surface area contributed by atoms with E-state index in [0.29, 0.717) is 35.3 Å². The van der Waals surface area contributed by atoms with Gasteiger partial charge in [0.1, 0.15) is 23.7 Å². The summed E-state index contributed by atoms with van der Waals surface area (Å²) in [7, 11) is 0. The molecule has 7 heteroatoms. The average molecular weight is 462 g/mol. The number of furan rings is 1. The molecule has 0 unspecified atom stereocenters. The molecule has 0 atom stereocenters. The Hall–Kier alpha value is -2.80. The first-order valence-electron chi connectivity index (χ1n) is 11.4. The van der Waals surface area contributed by atoms with E-state index in [1.807, 2.05) is 20.8 Å². The molecule has 0 aliphatic carbocycles. The largest absolute Gasteiger partial charge is 0.492 e. The smallest absolute Gasteiger partial charge is 0.417 e. The topological polar surface area (TPSA) is 42.7 Å². The van der Waals surface area contributed by atoms with E-state index in [2.05, 4.69) is 4.90 Å². The van der Waals surface area contributed by atoms with Gasteiger partial charge in [-0.25, -0.2) is 0 Å². The predicted molar refractivity (Wildman–Crippen MR) is 124 cm³/mol. The number of aldehydes is 1. The minimum absolute atomic E-state index is 0.101. The Morgan fingerprint density at radius 2 is 1.76 bits per heavy atom. The van der Waals surface area contributed by atoms with Crippen LogP contribution in [0.1, 0.15) is 55.3 Å². The molecule has 0 bridgehead atoms. The summed E-state index contributed by atoms with van der Waals surface area (Å²) >= 11 is 0. The van der Waals surface area contributed by atoms with Crippen molar-refractivity contribution in [3.63, 3.8) is 0 Å². The van der Waals surface area contributed by atoms with Crippen LogP contribution in [0.2, 0.25) is 0 Å². The van der Waals surface area contributed by atoms with Crippen LogP contribution in [0.5, 0.6) is 5.75 Å². The molecule has 33 heavy (non-hydrogen) atoms. The number of carbonyl (C=O) groups excluding carboxylic acids is 1. The number of nitrogens with zero attached hydrogens (tertiary/aromatic N) is 1. The molecule has 0 saturated heterocycles. The molecule has 1 aromatic heterocycles. The van der Waals surface area contributed by atoms with Crippen molar-refractivity contribution in [1.82, 2.24) is 4.90 Å². The Balaban J connectivity index is 2.25. The standard InChI is InChI=1S/C26H30F3NO3/c1-4-7-11-22-23(19-10-8-9-12-20(19)33-22)24-21(32-16-15-30(5-2)6-3)14-13-18(17-31)25(24)26(27,28)29/h8-10,12-14,17H,4-7,11,15-16H2,1-3H3. The number of carbonyl (C=O) groups is 1. The molecular formula is C26H30F3NO3. The molecule has 0 spiro atoms. The second-order valence-electron chi connectivity index (χ2n) is 7.89. The highest BCUT2D eigenvalue weighted by molar-refractivity contribution is 6.00. The molecule has 0 saturated carbocycles. The van der Waals surface area contributed by atoms with Crippen molar-refractivity contribution >= 4 is 17.3 Å². The number of ether oxygens (including phenoxy) is 1. The zero-order valence-electron chi connectivity index (χ0n) is 19.3. The maximum Gasteiger partial charge on any atom is 0.417 e. The number of halogens is 3. The Bertz CT molecular complexity index is 1080. The van der Waals surface area contributed by atoms with Crippen LogP contribution in [0.4, 0.5) is 13.2 Å². The van der Waals surface area contributed by atoms with Crippen LogP contribution >= 0.6 is 0 Å². The van der Waals surface area contributed by atoms with Gasteiger partial charge in [0, 0.05) is 35.0 Å². The molecule has 4 nitrogen and oxygen atoms in total. The first-order chi connectivity index (χ1) is 15.8. The van der Waals surface area contributed by atoms with Gasteiger partial charge in [-0.15, -0.1) is 0 Å². The number of benzene rings is 2. The summed E-state index contributed by atoms with van der Waals surface area (Å²) in [5.74, 6) is 0.574. The third kappa shape index (κ3) is 5.41. The summed E-state index contributed by atoms with van der Waals surface area (Å²) < 4.78 is 55.0. The number of hydrogen-bond donors (Lipinski definition) is 0. The molecule has 2 aromatic carbocycles. The average Bonchev–Trinajstić information content (AvgIpc) is 3.17. The van der Waals surface area contributed by atoms with Crippen LogP contribution in [0.25, 0.3) is 22.1 Å². The molecule has 0 amide bonds. The van der Waals surface area contributed by atoms with E-state index < -0.39 is 17.3 Å². The quantitative estimate of drug-likeness (QED) is 0.289. The third-order valence-electron chi connectivity index (χ3n) is 5.85. The van der Waals surface area contributed by atoms with Crippen LogP contribution in [0.15, 0.2) is 40.8 Å². The van der Waals surface area contributed by atoms with E-state index in [-0.39, 0.29) is 24.2 Å². The number of alkyl halides is 3. The molecule has 1 heterocycles. The summed E-state index contributed by atoms with van der Waals surface area (Å²) in [4.78, 5) is 13.8. The van der Waals surface area contributed by atoms with E-state index in [1.54, 1.807) is 24.3 Å². The second kappa shape index (κ2) is 10.9. The fourth-order valence-corrected chi connectivity index (χ4v) is 4.08. The lowest BCUT2D eigenvalue weighted by molar-refractivity contribution is -0.137. The van der Waals surface area contributed by atoms with Gasteiger partial charge < -0.3 is 14.1 Å². The van der Waals surface area contributed by atoms with Gasteiger partial charge in [-0.2, -0.15) is 13.2 Å². The van der Waals surface area contributed by atoms with Gasteiger partial charge in [0.25, 0.3) is 0 Å². The third-order valence-corrected chi connectivity index (χ3v) is 5.85. The maximum absolute atomic E-state index is 14.4. The lowest BCUT2D eigenvalue weighted by Gasteiger charge is -2.22. The minimum atomic E-state index is -4.75. The molecule has 0 aliphatic rings. The SMILES string of the molecule is CCCCc1oc2ccccc2c1-c1c(OCCN(CC)CC)ccc(C=O)c1C(F)(F)F. The van der Waals surface area contributed by atoms with Crippen LogP contribution < -0.4 is 4.74 Å². The zero-order chi connectivity index (χ0) is 24.0. The Morgan fingerprint density at radius 3 is 2.39 bits per heavy atom. The van der Waals surface area contributed by atoms with Crippen molar-refractivity contribution in [2.24, 2.45) is 0 Å². The van der Waals surface area contributed by atoms with E-state index in [0.717, 1.165) is 25.9 Å². The molecule has 178 valence electrons. The highest BCUT2D eigenvalue weighted by Gasteiger charge is 2.39. The van der Waals surface area contributed by atoms with Crippen molar-refractivity contribution in [1.29, 1.82) is 0 Å². The molecule has 0 radical (unpaired) electrons. The highest BCUT2D eigenvalue weighted by atomic mass is 19.4. The van der Waals surface area contributed by atoms with Gasteiger partial charge in [0.2, 0.25) is 0 Å². The van der Waals surface area contributed by atoms with Gasteiger partial charge in [-0.1, -0.05) is 45.4 Å². The molecule has 0 N–H and O–H groups in total. The Labute approximate surface area is 192 Å². The lowest BCUT2D eigenvalue weighted by atomic mass is 9.91. The Kier molecular flexibility index (Phi) is 8.19. The van der Waals surface area contributed by atoms with E-state index >= 15 is 0 Å². The van der Waals surface area contributed by atoms with Crippen LogP contribution in [0, 0.1) is 0 Å². The number of para-hydroxylation sites is 1. The van der Waals surface area contributed by atoms with E-state index in [9.17, 15) is 18.0 Å². The number of rotatable bonds is 11. The van der Waals surface area contributed by atoms with Crippen molar-refractivity contribution < 1.29 is 27.1 Å². The number of likely N-dealkylation sites (N-methyl/N-ethyl adjacent to an activating group) is 1. The Morgan fingerprint density at radius 1 is 1.03 bits per heavy atom. The maximum atomic E-state index is 14.4. The summed E-state index contributed by atoms with van der Waals surface area (Å²) in [5.41, 5.74) is -0.657. The highest BCUT2D eigenvalue weighted by Crippen LogP contribution is 2.48. The van der Waals surface area contributed by atoms with Crippen molar-refractivity contribution in [3.8, 4) is 16.9 Å². The number of unbranched alkanes of at least 4 members (excludes halogenated alkanes) is 1. The van der Waals surface area contributed by atoms with Crippen molar-refractivity contribution in [2.75, 3.05) is 26.2 Å². The molecular weight excluding hydrogens is 431 g/mol. The normalized spacial score (nSPS) is 12.0. The predicted octanol–water partition coefficient (Wildman–Crippen LogP) is 6.99. The minimum Gasteiger partial charge on any atom is -0.492 e.